The van der Waals surface area contributed by atoms with E-state index in [1.807, 2.05) is 0 Å². The van der Waals surface area contributed by atoms with Crippen LogP contribution in [0.4, 0.5) is 17.1 Å². The molecule has 1 heteroatoms. The smallest absolute Gasteiger partial charge is 0.0462 e. The molecule has 0 heterocycles. The molecule has 0 aliphatic heterocycles. The minimum absolute atomic E-state index is 0.151. The SMILES string of the molecule is CC1(C)c2cc(-c3ccccc3)ccc2-c2c(-c3ccc(N(c4ccc(-c5ccccc5)cc4)c4ccc(-c5ccccc5)cc4)cc3)ccc3cccc1c23. The van der Waals surface area contributed by atoms with Crippen LogP contribution in [-0.4, -0.2) is 0 Å². The maximum absolute atomic E-state index is 2.43. The minimum atomic E-state index is -0.151. The van der Waals surface area contributed by atoms with Crippen LogP contribution in [0.2, 0.25) is 0 Å². The summed E-state index contributed by atoms with van der Waals surface area (Å²) in [6.07, 6.45) is 0. The Morgan fingerprint density at radius 1 is 0.321 bits per heavy atom. The third-order valence-electron chi connectivity index (χ3n) is 11.7. The van der Waals surface area contributed by atoms with E-state index >= 15 is 0 Å². The van der Waals surface area contributed by atoms with Gasteiger partial charge in [-0.2, -0.15) is 0 Å². The summed E-state index contributed by atoms with van der Waals surface area (Å²) in [5.74, 6) is 0. The van der Waals surface area contributed by atoms with Gasteiger partial charge < -0.3 is 4.90 Å². The maximum Gasteiger partial charge on any atom is 0.0462 e. The Balaban J connectivity index is 1.08. The van der Waals surface area contributed by atoms with Gasteiger partial charge in [-0.1, -0.05) is 184 Å². The van der Waals surface area contributed by atoms with Gasteiger partial charge in [0.05, 0.1) is 0 Å². The summed E-state index contributed by atoms with van der Waals surface area (Å²) in [6.45, 7) is 4.76. The molecule has 0 spiro atoms. The summed E-state index contributed by atoms with van der Waals surface area (Å²) < 4.78 is 0. The lowest BCUT2D eigenvalue weighted by atomic mass is 9.67. The highest BCUT2D eigenvalue weighted by atomic mass is 15.1. The van der Waals surface area contributed by atoms with Gasteiger partial charge in [0.15, 0.2) is 0 Å². The Labute approximate surface area is 329 Å². The molecule has 1 aliphatic carbocycles. The van der Waals surface area contributed by atoms with Gasteiger partial charge in [0, 0.05) is 22.5 Å². The quantitative estimate of drug-likeness (QED) is 0.159. The van der Waals surface area contributed by atoms with Gasteiger partial charge in [-0.25, -0.2) is 0 Å². The predicted molar refractivity (Wildman–Crippen MR) is 238 cm³/mol. The molecule has 10 rings (SSSR count). The highest BCUT2D eigenvalue weighted by Gasteiger charge is 2.35. The number of anilines is 3. The molecule has 0 saturated heterocycles. The molecule has 0 aromatic heterocycles. The first-order valence-corrected chi connectivity index (χ1v) is 19.5. The van der Waals surface area contributed by atoms with Crippen molar-refractivity contribution >= 4 is 27.8 Å². The topological polar surface area (TPSA) is 3.24 Å². The van der Waals surface area contributed by atoms with Crippen LogP contribution in [0.3, 0.4) is 0 Å². The lowest BCUT2D eigenvalue weighted by Crippen LogP contribution is -2.24. The number of fused-ring (bicyclic) bond motifs is 2. The molecule has 9 aromatic carbocycles. The van der Waals surface area contributed by atoms with Gasteiger partial charge in [0.2, 0.25) is 0 Å². The van der Waals surface area contributed by atoms with Crippen LogP contribution >= 0.6 is 0 Å². The summed E-state index contributed by atoms with van der Waals surface area (Å²) in [5.41, 5.74) is 18.4. The van der Waals surface area contributed by atoms with Gasteiger partial charge in [-0.05, 0) is 120 Å². The maximum atomic E-state index is 2.43. The fraction of sp³-hybridized carbons (Fsp3) is 0.0545. The highest BCUT2D eigenvalue weighted by molar-refractivity contribution is 6.09. The lowest BCUT2D eigenvalue weighted by Gasteiger charge is -2.36. The van der Waals surface area contributed by atoms with Gasteiger partial charge in [0.25, 0.3) is 0 Å². The van der Waals surface area contributed by atoms with Crippen molar-refractivity contribution in [2.24, 2.45) is 0 Å². The van der Waals surface area contributed by atoms with Gasteiger partial charge in [-0.3, -0.25) is 0 Å². The van der Waals surface area contributed by atoms with Crippen molar-refractivity contribution in [2.45, 2.75) is 19.3 Å². The van der Waals surface area contributed by atoms with Crippen molar-refractivity contribution in [1.82, 2.24) is 0 Å². The molecular formula is C55H41N. The number of hydrogen-bond acceptors (Lipinski definition) is 1. The first-order valence-electron chi connectivity index (χ1n) is 19.5. The Bertz CT molecular complexity index is 2740. The molecule has 0 atom stereocenters. The standard InChI is InChI=1S/C55H41N/c1-55(2)51-20-12-19-44-27-35-49(54(53(44)51)50-36-28-45(37-52(50)55)40-17-10-5-11-18-40)43-25-33-48(34-26-43)56(46-29-21-41(22-30-46)38-13-6-3-7-14-38)47-31-23-42(24-32-47)39-15-8-4-9-16-39/h3-37H,1-2H3. The van der Waals surface area contributed by atoms with Gasteiger partial charge in [-0.15, -0.1) is 0 Å². The number of hydrogen-bond donors (Lipinski definition) is 0. The minimum Gasteiger partial charge on any atom is -0.311 e. The first-order chi connectivity index (χ1) is 27.5. The van der Waals surface area contributed by atoms with E-state index in [1.54, 1.807) is 0 Å². The first kappa shape index (κ1) is 33.6. The second-order valence-corrected chi connectivity index (χ2v) is 15.4. The van der Waals surface area contributed by atoms with Crippen molar-refractivity contribution in [1.29, 1.82) is 0 Å². The van der Waals surface area contributed by atoms with Crippen LogP contribution in [0.5, 0.6) is 0 Å². The Morgan fingerprint density at radius 3 is 1.27 bits per heavy atom. The highest BCUT2D eigenvalue weighted by Crippen LogP contribution is 2.52. The molecule has 266 valence electrons. The van der Waals surface area contributed by atoms with E-state index in [2.05, 4.69) is 231 Å². The molecule has 0 saturated carbocycles. The fourth-order valence-electron chi connectivity index (χ4n) is 8.76. The van der Waals surface area contributed by atoms with Crippen molar-refractivity contribution in [3.63, 3.8) is 0 Å². The molecule has 0 unspecified atom stereocenters. The normalized spacial score (nSPS) is 12.6. The zero-order chi connectivity index (χ0) is 37.6. The Morgan fingerprint density at radius 2 is 0.750 bits per heavy atom. The average Bonchev–Trinajstić information content (AvgIpc) is 3.27. The largest absolute Gasteiger partial charge is 0.311 e. The summed E-state index contributed by atoms with van der Waals surface area (Å²) in [6, 6.07) is 77.5. The Hall–Kier alpha value is -6.96. The van der Waals surface area contributed by atoms with E-state index in [1.165, 1.54) is 77.5 Å². The fourth-order valence-corrected chi connectivity index (χ4v) is 8.76. The van der Waals surface area contributed by atoms with Crippen molar-refractivity contribution in [3.8, 4) is 55.6 Å². The van der Waals surface area contributed by atoms with E-state index in [4.69, 9.17) is 0 Å². The zero-order valence-electron chi connectivity index (χ0n) is 31.7. The second-order valence-electron chi connectivity index (χ2n) is 15.4. The zero-order valence-corrected chi connectivity index (χ0v) is 31.7. The lowest BCUT2D eigenvalue weighted by molar-refractivity contribution is 0.645. The average molecular weight is 716 g/mol. The monoisotopic (exact) mass is 715 g/mol. The number of nitrogens with zero attached hydrogens (tertiary/aromatic N) is 1. The molecule has 0 N–H and O–H groups in total. The van der Waals surface area contributed by atoms with E-state index in [0.717, 1.165) is 17.1 Å². The van der Waals surface area contributed by atoms with E-state index in [-0.39, 0.29) is 5.41 Å². The summed E-state index contributed by atoms with van der Waals surface area (Å²) in [7, 11) is 0. The second kappa shape index (κ2) is 13.7. The van der Waals surface area contributed by atoms with Crippen LogP contribution in [0.1, 0.15) is 25.0 Å². The summed E-state index contributed by atoms with van der Waals surface area (Å²) in [4.78, 5) is 2.36. The molecule has 0 radical (unpaired) electrons. The Kier molecular flexibility index (Phi) is 8.23. The molecule has 1 nitrogen and oxygen atoms in total. The molecule has 56 heavy (non-hydrogen) atoms. The molecule has 9 aromatic rings. The van der Waals surface area contributed by atoms with E-state index < -0.39 is 0 Å². The number of benzene rings is 9. The van der Waals surface area contributed by atoms with Crippen LogP contribution in [0.15, 0.2) is 212 Å². The third-order valence-corrected chi connectivity index (χ3v) is 11.7. The van der Waals surface area contributed by atoms with Crippen LogP contribution < -0.4 is 4.90 Å². The molecule has 0 bridgehead atoms. The van der Waals surface area contributed by atoms with Crippen molar-refractivity contribution in [3.05, 3.63) is 223 Å². The third kappa shape index (κ3) is 5.81. The van der Waals surface area contributed by atoms with Crippen molar-refractivity contribution in [2.75, 3.05) is 4.90 Å². The predicted octanol–water partition coefficient (Wildman–Crippen LogP) is 15.3. The van der Waals surface area contributed by atoms with Crippen molar-refractivity contribution < 1.29 is 0 Å². The van der Waals surface area contributed by atoms with Gasteiger partial charge >= 0.3 is 0 Å². The van der Waals surface area contributed by atoms with Crippen LogP contribution in [0, 0.1) is 0 Å². The van der Waals surface area contributed by atoms with Crippen LogP contribution in [-0.2, 0) is 5.41 Å². The molecular weight excluding hydrogens is 675 g/mol. The molecule has 1 aliphatic rings. The molecule has 0 fully saturated rings. The number of rotatable bonds is 7. The van der Waals surface area contributed by atoms with Crippen LogP contribution in [0.25, 0.3) is 66.4 Å². The van der Waals surface area contributed by atoms with E-state index in [0.29, 0.717) is 0 Å². The van der Waals surface area contributed by atoms with Gasteiger partial charge in [0.1, 0.15) is 0 Å². The molecule has 0 amide bonds. The summed E-state index contributed by atoms with van der Waals surface area (Å²) >= 11 is 0. The van der Waals surface area contributed by atoms with E-state index in [9.17, 15) is 0 Å². The summed E-state index contributed by atoms with van der Waals surface area (Å²) in [5, 5.41) is 2.64.